The van der Waals surface area contributed by atoms with E-state index in [-0.39, 0.29) is 5.57 Å². The van der Waals surface area contributed by atoms with Gasteiger partial charge in [-0.25, -0.2) is 0 Å². The second kappa shape index (κ2) is 8.63. The van der Waals surface area contributed by atoms with Gasteiger partial charge in [-0.05, 0) is 49.1 Å². The number of rotatable bonds is 6. The molecule has 0 unspecified atom stereocenters. The quantitative estimate of drug-likeness (QED) is 0.501. The zero-order chi connectivity index (χ0) is 20.1. The maximum absolute atomic E-state index is 12.5. The summed E-state index contributed by atoms with van der Waals surface area (Å²) in [6.45, 7) is 6.13. The van der Waals surface area contributed by atoms with Crippen LogP contribution in [0.15, 0.2) is 42.1 Å². The standard InChI is InChI=1S/C21H21N5OS/c1-4-15-9-6-8-14(3)19(15)26-11-7-10-17(26)12-16(13-22)20(27)23-21-25-24-18(5-2)28-21/h6-12H,4-5H2,1-3H3,(H,23,25,27)/b16-12-. The van der Waals surface area contributed by atoms with Gasteiger partial charge in [0.15, 0.2) is 0 Å². The summed E-state index contributed by atoms with van der Waals surface area (Å²) in [7, 11) is 0. The third-order valence-electron chi connectivity index (χ3n) is 4.37. The van der Waals surface area contributed by atoms with Crippen molar-refractivity contribution in [1.82, 2.24) is 14.8 Å². The Labute approximate surface area is 168 Å². The molecule has 2 heterocycles. The number of nitrogens with one attached hydrogen (secondary N) is 1. The molecule has 28 heavy (non-hydrogen) atoms. The number of nitrogens with zero attached hydrogens (tertiary/aromatic N) is 4. The van der Waals surface area contributed by atoms with Crippen LogP contribution in [0.25, 0.3) is 11.8 Å². The molecule has 1 N–H and O–H groups in total. The molecule has 1 amide bonds. The van der Waals surface area contributed by atoms with E-state index in [1.54, 1.807) is 6.08 Å². The number of carbonyl (C=O) groups excluding carboxylic acids is 1. The van der Waals surface area contributed by atoms with Crippen molar-refractivity contribution < 1.29 is 4.79 Å². The van der Waals surface area contributed by atoms with E-state index in [1.165, 1.54) is 16.9 Å². The smallest absolute Gasteiger partial charge is 0.268 e. The van der Waals surface area contributed by atoms with Crippen molar-refractivity contribution in [1.29, 1.82) is 5.26 Å². The monoisotopic (exact) mass is 391 g/mol. The zero-order valence-corrected chi connectivity index (χ0v) is 16.9. The maximum Gasteiger partial charge on any atom is 0.268 e. The summed E-state index contributed by atoms with van der Waals surface area (Å²) in [5, 5.41) is 21.3. The minimum Gasteiger partial charge on any atom is -0.317 e. The SMILES string of the molecule is CCc1nnc(NC(=O)/C(C#N)=C\c2cccn2-c2c(C)cccc2CC)s1. The maximum atomic E-state index is 12.5. The van der Waals surface area contributed by atoms with Gasteiger partial charge in [-0.2, -0.15) is 5.26 Å². The molecule has 6 nitrogen and oxygen atoms in total. The predicted molar refractivity (Wildman–Crippen MR) is 111 cm³/mol. The number of hydrogen-bond donors (Lipinski definition) is 1. The van der Waals surface area contributed by atoms with Gasteiger partial charge in [0, 0.05) is 11.9 Å². The molecule has 3 rings (SSSR count). The average molecular weight is 392 g/mol. The molecule has 0 bridgehead atoms. The largest absolute Gasteiger partial charge is 0.317 e. The summed E-state index contributed by atoms with van der Waals surface area (Å²) in [5.74, 6) is -0.491. The van der Waals surface area contributed by atoms with Crippen molar-refractivity contribution >= 4 is 28.5 Å². The van der Waals surface area contributed by atoms with Gasteiger partial charge in [-0.1, -0.05) is 43.4 Å². The van der Waals surface area contributed by atoms with Crippen molar-refractivity contribution in [2.75, 3.05) is 5.32 Å². The molecule has 1 aromatic carbocycles. The third kappa shape index (κ3) is 4.02. The molecule has 0 fully saturated rings. The van der Waals surface area contributed by atoms with Crippen molar-refractivity contribution in [3.05, 3.63) is 63.9 Å². The van der Waals surface area contributed by atoms with Gasteiger partial charge in [0.1, 0.15) is 16.6 Å². The van der Waals surface area contributed by atoms with E-state index in [0.717, 1.165) is 34.8 Å². The number of anilines is 1. The molecule has 142 valence electrons. The Morgan fingerprint density at radius 3 is 2.75 bits per heavy atom. The minimum atomic E-state index is -0.491. The lowest BCUT2D eigenvalue weighted by Crippen LogP contribution is -2.13. The lowest BCUT2D eigenvalue weighted by atomic mass is 10.1. The first kappa shape index (κ1) is 19.5. The zero-order valence-electron chi connectivity index (χ0n) is 16.1. The van der Waals surface area contributed by atoms with Crippen LogP contribution in [0.4, 0.5) is 5.13 Å². The molecule has 0 aliphatic carbocycles. The number of hydrogen-bond acceptors (Lipinski definition) is 5. The highest BCUT2D eigenvalue weighted by Crippen LogP contribution is 2.24. The first-order chi connectivity index (χ1) is 13.6. The number of benzene rings is 1. The molecule has 0 saturated heterocycles. The predicted octanol–water partition coefficient (Wildman–Crippen LogP) is 4.31. The summed E-state index contributed by atoms with van der Waals surface area (Å²) in [6, 6.07) is 12.0. The summed E-state index contributed by atoms with van der Waals surface area (Å²) < 4.78 is 2.01. The number of amides is 1. The number of aryl methyl sites for hydroxylation is 3. The third-order valence-corrected chi connectivity index (χ3v) is 5.35. The van der Waals surface area contributed by atoms with Crippen molar-refractivity contribution in [2.45, 2.75) is 33.6 Å². The highest BCUT2D eigenvalue weighted by atomic mass is 32.1. The normalized spacial score (nSPS) is 11.3. The summed E-state index contributed by atoms with van der Waals surface area (Å²) >= 11 is 1.31. The molecular weight excluding hydrogens is 370 g/mol. The molecule has 0 aliphatic heterocycles. The van der Waals surface area contributed by atoms with Crippen LogP contribution < -0.4 is 5.32 Å². The topological polar surface area (TPSA) is 83.6 Å². The highest BCUT2D eigenvalue weighted by molar-refractivity contribution is 7.15. The molecule has 0 atom stereocenters. The second-order valence-electron chi connectivity index (χ2n) is 6.22. The number of nitriles is 1. The Morgan fingerprint density at radius 1 is 1.25 bits per heavy atom. The fourth-order valence-electron chi connectivity index (χ4n) is 2.97. The molecule has 2 aromatic heterocycles. The van der Waals surface area contributed by atoms with Gasteiger partial charge in [-0.3, -0.25) is 10.1 Å². The van der Waals surface area contributed by atoms with Crippen molar-refractivity contribution in [2.24, 2.45) is 0 Å². The molecule has 0 saturated carbocycles. The lowest BCUT2D eigenvalue weighted by Gasteiger charge is -2.15. The van der Waals surface area contributed by atoms with Gasteiger partial charge in [0.25, 0.3) is 5.91 Å². The van der Waals surface area contributed by atoms with Crippen LogP contribution in [0.5, 0.6) is 0 Å². The second-order valence-corrected chi connectivity index (χ2v) is 7.28. The van der Waals surface area contributed by atoms with E-state index < -0.39 is 5.91 Å². The Kier molecular flexibility index (Phi) is 6.02. The van der Waals surface area contributed by atoms with Gasteiger partial charge >= 0.3 is 0 Å². The number of carbonyl (C=O) groups is 1. The number of aromatic nitrogens is 3. The Morgan fingerprint density at radius 2 is 2.07 bits per heavy atom. The van der Waals surface area contributed by atoms with Crippen LogP contribution in [0, 0.1) is 18.3 Å². The Hall–Kier alpha value is -3.24. The van der Waals surface area contributed by atoms with E-state index in [0.29, 0.717) is 5.13 Å². The van der Waals surface area contributed by atoms with E-state index in [9.17, 15) is 10.1 Å². The molecule has 0 radical (unpaired) electrons. The van der Waals surface area contributed by atoms with E-state index in [2.05, 4.69) is 41.5 Å². The van der Waals surface area contributed by atoms with E-state index in [4.69, 9.17) is 0 Å². The van der Waals surface area contributed by atoms with Crippen molar-refractivity contribution in [3.63, 3.8) is 0 Å². The fourth-order valence-corrected chi connectivity index (χ4v) is 3.65. The van der Waals surface area contributed by atoms with Crippen LogP contribution >= 0.6 is 11.3 Å². The fraction of sp³-hybridized carbons (Fsp3) is 0.238. The number of para-hydroxylation sites is 1. The summed E-state index contributed by atoms with van der Waals surface area (Å²) in [5.41, 5.74) is 4.20. The average Bonchev–Trinajstić information content (AvgIpc) is 3.34. The highest BCUT2D eigenvalue weighted by Gasteiger charge is 2.15. The van der Waals surface area contributed by atoms with E-state index in [1.807, 2.05) is 42.0 Å². The first-order valence-electron chi connectivity index (χ1n) is 9.09. The van der Waals surface area contributed by atoms with Crippen LogP contribution in [-0.4, -0.2) is 20.7 Å². The molecule has 3 aromatic rings. The van der Waals surface area contributed by atoms with Crippen LogP contribution in [0.1, 0.15) is 35.7 Å². The Bertz CT molecular complexity index is 1070. The summed E-state index contributed by atoms with van der Waals surface area (Å²) in [6.07, 6.45) is 5.18. The van der Waals surface area contributed by atoms with Crippen LogP contribution in [0.2, 0.25) is 0 Å². The molecule has 0 spiro atoms. The lowest BCUT2D eigenvalue weighted by molar-refractivity contribution is -0.112. The van der Waals surface area contributed by atoms with E-state index >= 15 is 0 Å². The molecular formula is C21H21N5OS. The Balaban J connectivity index is 1.94. The van der Waals surface area contributed by atoms with Gasteiger partial charge in [0.2, 0.25) is 5.13 Å². The van der Waals surface area contributed by atoms with Gasteiger partial charge < -0.3 is 4.57 Å². The van der Waals surface area contributed by atoms with Crippen LogP contribution in [0.3, 0.4) is 0 Å². The first-order valence-corrected chi connectivity index (χ1v) is 9.90. The van der Waals surface area contributed by atoms with Crippen LogP contribution in [-0.2, 0) is 17.6 Å². The van der Waals surface area contributed by atoms with Gasteiger partial charge in [0.05, 0.1) is 5.69 Å². The minimum absolute atomic E-state index is 0.0137. The van der Waals surface area contributed by atoms with Crippen molar-refractivity contribution in [3.8, 4) is 11.8 Å². The molecule has 7 heteroatoms. The van der Waals surface area contributed by atoms with Gasteiger partial charge in [-0.15, -0.1) is 10.2 Å². The molecule has 0 aliphatic rings. The summed E-state index contributed by atoms with van der Waals surface area (Å²) in [4.78, 5) is 12.5.